The third-order valence-corrected chi connectivity index (χ3v) is 3.32. The first-order valence-electron chi connectivity index (χ1n) is 7.50. The van der Waals surface area contributed by atoms with Crippen LogP contribution in [0, 0.1) is 0 Å². The van der Waals surface area contributed by atoms with E-state index in [1.807, 2.05) is 0 Å². The minimum Gasteiger partial charge on any atom is -0.478 e. The van der Waals surface area contributed by atoms with E-state index >= 15 is 0 Å². The van der Waals surface area contributed by atoms with Gasteiger partial charge in [-0.05, 0) is 35.2 Å². The molecular weight excluding hydrogens is 340 g/mol. The summed E-state index contributed by atoms with van der Waals surface area (Å²) in [5.74, 6) is -1.14. The van der Waals surface area contributed by atoms with Gasteiger partial charge in [0.25, 0.3) is 5.91 Å². The van der Waals surface area contributed by atoms with Crippen molar-refractivity contribution in [1.29, 1.82) is 0 Å². The van der Waals surface area contributed by atoms with E-state index in [1.54, 1.807) is 26.2 Å². The molecule has 136 valence electrons. The fourth-order valence-corrected chi connectivity index (χ4v) is 1.85. The van der Waals surface area contributed by atoms with Crippen LogP contribution in [0.5, 0.6) is 0 Å². The zero-order valence-corrected chi connectivity index (χ0v) is 14.3. The lowest BCUT2D eigenvalue weighted by Crippen LogP contribution is -2.30. The molecule has 0 radical (unpaired) electrons. The fraction of sp³-hybridized carbons (Fsp3) is 0.125. The van der Waals surface area contributed by atoms with Gasteiger partial charge in [-0.3, -0.25) is 4.79 Å². The van der Waals surface area contributed by atoms with E-state index in [1.165, 1.54) is 41.3 Å². The molecule has 0 bridgehead atoms. The van der Waals surface area contributed by atoms with E-state index in [0.29, 0.717) is 11.0 Å². The Morgan fingerprint density at radius 3 is 1.35 bits per heavy atom. The SMILES string of the molecule is CN(C)C(=O)c1ccc(B(O)O)cc1.O=C(O)c1ccc(B(O)O)cc1. The van der Waals surface area contributed by atoms with Gasteiger partial charge in [0, 0.05) is 19.7 Å². The Labute approximate surface area is 151 Å². The molecule has 0 aliphatic heterocycles. The Balaban J connectivity index is 0.000000263. The average Bonchev–Trinajstić information content (AvgIpc) is 2.61. The quantitative estimate of drug-likeness (QED) is 0.403. The normalized spacial score (nSPS) is 9.62. The molecule has 2 aromatic carbocycles. The van der Waals surface area contributed by atoms with Crippen LogP contribution in [0.4, 0.5) is 0 Å². The topological polar surface area (TPSA) is 139 Å². The van der Waals surface area contributed by atoms with Crippen molar-refractivity contribution in [3.05, 3.63) is 59.7 Å². The lowest BCUT2D eigenvalue weighted by molar-refractivity contribution is 0.0696. The van der Waals surface area contributed by atoms with Crippen LogP contribution in [0.25, 0.3) is 0 Å². The maximum Gasteiger partial charge on any atom is 0.488 e. The van der Waals surface area contributed by atoms with Gasteiger partial charge in [-0.1, -0.05) is 24.3 Å². The van der Waals surface area contributed by atoms with E-state index in [0.717, 1.165) is 0 Å². The summed E-state index contributed by atoms with van der Waals surface area (Å²) in [6.07, 6.45) is 0. The molecule has 10 heteroatoms. The van der Waals surface area contributed by atoms with Gasteiger partial charge in [0.05, 0.1) is 5.56 Å². The van der Waals surface area contributed by atoms with Crippen LogP contribution >= 0.6 is 0 Å². The van der Waals surface area contributed by atoms with Crippen molar-refractivity contribution >= 4 is 37.0 Å². The van der Waals surface area contributed by atoms with Gasteiger partial charge >= 0.3 is 20.2 Å². The zero-order valence-electron chi connectivity index (χ0n) is 14.3. The van der Waals surface area contributed by atoms with Gasteiger partial charge in [0.1, 0.15) is 0 Å². The number of carbonyl (C=O) groups excluding carboxylic acids is 1. The van der Waals surface area contributed by atoms with Crippen molar-refractivity contribution in [1.82, 2.24) is 4.90 Å². The smallest absolute Gasteiger partial charge is 0.478 e. The predicted octanol–water partition coefficient (Wildman–Crippen LogP) is -1.87. The van der Waals surface area contributed by atoms with Gasteiger partial charge in [0.2, 0.25) is 0 Å². The number of hydrogen-bond acceptors (Lipinski definition) is 6. The van der Waals surface area contributed by atoms with Gasteiger partial charge in [0.15, 0.2) is 0 Å². The lowest BCUT2D eigenvalue weighted by Gasteiger charge is -2.10. The molecule has 0 aliphatic carbocycles. The van der Waals surface area contributed by atoms with Crippen molar-refractivity contribution in [3.63, 3.8) is 0 Å². The maximum atomic E-state index is 11.4. The lowest BCUT2D eigenvalue weighted by atomic mass is 9.80. The summed E-state index contributed by atoms with van der Waals surface area (Å²) in [4.78, 5) is 23.2. The van der Waals surface area contributed by atoms with Crippen LogP contribution < -0.4 is 10.9 Å². The third kappa shape index (κ3) is 6.34. The molecule has 0 aliphatic rings. The maximum absolute atomic E-state index is 11.4. The molecule has 0 atom stereocenters. The van der Waals surface area contributed by atoms with Gasteiger partial charge in [-0.2, -0.15) is 0 Å². The molecular formula is C16H19B2NO7. The highest BCUT2D eigenvalue weighted by molar-refractivity contribution is 6.58. The summed E-state index contributed by atoms with van der Waals surface area (Å²) in [6.45, 7) is 0. The highest BCUT2D eigenvalue weighted by Gasteiger charge is 2.13. The van der Waals surface area contributed by atoms with Crippen LogP contribution in [-0.2, 0) is 0 Å². The monoisotopic (exact) mass is 359 g/mol. The van der Waals surface area contributed by atoms with Gasteiger partial charge in [-0.25, -0.2) is 4.79 Å². The number of hydrogen-bond donors (Lipinski definition) is 5. The van der Waals surface area contributed by atoms with E-state index in [4.69, 9.17) is 25.2 Å². The summed E-state index contributed by atoms with van der Waals surface area (Å²) >= 11 is 0. The first kappa shape index (κ1) is 21.4. The van der Waals surface area contributed by atoms with Gasteiger partial charge in [-0.15, -0.1) is 0 Å². The summed E-state index contributed by atoms with van der Waals surface area (Å²) in [6, 6.07) is 11.5. The largest absolute Gasteiger partial charge is 0.488 e. The number of benzene rings is 2. The Morgan fingerprint density at radius 1 is 0.731 bits per heavy atom. The summed E-state index contributed by atoms with van der Waals surface area (Å²) in [5, 5.41) is 43.5. The van der Waals surface area contributed by atoms with Crippen molar-refractivity contribution in [3.8, 4) is 0 Å². The Morgan fingerprint density at radius 2 is 1.08 bits per heavy atom. The van der Waals surface area contributed by atoms with Crippen molar-refractivity contribution in [2.24, 2.45) is 0 Å². The molecule has 0 unspecified atom stereocenters. The van der Waals surface area contributed by atoms with Crippen molar-refractivity contribution in [2.75, 3.05) is 14.1 Å². The van der Waals surface area contributed by atoms with Crippen LogP contribution in [-0.4, -0.2) is 70.3 Å². The number of aromatic carboxylic acids is 1. The summed E-state index contributed by atoms with van der Waals surface area (Å²) < 4.78 is 0. The number of carbonyl (C=O) groups is 2. The molecule has 0 aromatic heterocycles. The molecule has 5 N–H and O–H groups in total. The molecule has 8 nitrogen and oxygen atoms in total. The van der Waals surface area contributed by atoms with Crippen LogP contribution in [0.15, 0.2) is 48.5 Å². The van der Waals surface area contributed by atoms with E-state index in [2.05, 4.69) is 0 Å². The highest BCUT2D eigenvalue weighted by Crippen LogP contribution is 2.00. The minimum absolute atomic E-state index is 0.107. The Bertz CT molecular complexity index is 731. The molecule has 0 heterocycles. The molecule has 0 spiro atoms. The Kier molecular flexibility index (Phi) is 8.01. The second-order valence-corrected chi connectivity index (χ2v) is 5.50. The number of carboxylic acid groups (broad SMARTS) is 1. The molecule has 0 saturated carbocycles. The average molecular weight is 359 g/mol. The molecule has 0 fully saturated rings. The second kappa shape index (κ2) is 9.73. The highest BCUT2D eigenvalue weighted by atomic mass is 16.4. The third-order valence-electron chi connectivity index (χ3n) is 3.32. The van der Waals surface area contributed by atoms with E-state index in [9.17, 15) is 9.59 Å². The first-order chi connectivity index (χ1) is 12.1. The second-order valence-electron chi connectivity index (χ2n) is 5.50. The molecule has 26 heavy (non-hydrogen) atoms. The standard InChI is InChI=1S/C9H12BNO3.C7H7BO4/c1-11(2)9(12)7-3-5-8(6-4-7)10(13)14;9-7(10)5-1-3-6(4-2-5)8(11)12/h3-6,13-14H,1-2H3;1-4,11-12H,(H,9,10). The number of amides is 1. The molecule has 1 amide bonds. The van der Waals surface area contributed by atoms with E-state index in [-0.39, 0.29) is 16.9 Å². The number of rotatable bonds is 4. The fourth-order valence-electron chi connectivity index (χ4n) is 1.85. The van der Waals surface area contributed by atoms with E-state index < -0.39 is 20.2 Å². The van der Waals surface area contributed by atoms with Gasteiger partial charge < -0.3 is 30.1 Å². The molecule has 2 rings (SSSR count). The van der Waals surface area contributed by atoms with Crippen LogP contribution in [0.2, 0.25) is 0 Å². The number of nitrogens with zero attached hydrogens (tertiary/aromatic N) is 1. The zero-order chi connectivity index (χ0) is 19.9. The number of carboxylic acids is 1. The van der Waals surface area contributed by atoms with Crippen molar-refractivity contribution < 1.29 is 34.8 Å². The molecule has 0 saturated heterocycles. The predicted molar refractivity (Wildman–Crippen MR) is 97.5 cm³/mol. The first-order valence-corrected chi connectivity index (χ1v) is 7.50. The van der Waals surface area contributed by atoms with Crippen LogP contribution in [0.1, 0.15) is 20.7 Å². The summed E-state index contributed by atoms with van der Waals surface area (Å²) in [7, 11) is 0.292. The summed E-state index contributed by atoms with van der Waals surface area (Å²) in [5.41, 5.74) is 1.30. The van der Waals surface area contributed by atoms with Crippen LogP contribution in [0.3, 0.4) is 0 Å². The molecule has 2 aromatic rings. The van der Waals surface area contributed by atoms with Crippen molar-refractivity contribution in [2.45, 2.75) is 0 Å². The minimum atomic E-state index is -1.55. The Hall–Kier alpha value is -2.65.